The van der Waals surface area contributed by atoms with Gasteiger partial charge in [-0.1, -0.05) is 6.07 Å². The molecule has 9 heteroatoms. The molecule has 2 aliphatic rings. The molecule has 0 aliphatic carbocycles. The van der Waals surface area contributed by atoms with Crippen LogP contribution < -0.4 is 20.3 Å². The third kappa shape index (κ3) is 4.53. The van der Waals surface area contributed by atoms with E-state index in [4.69, 9.17) is 26.4 Å². The van der Waals surface area contributed by atoms with Crippen LogP contribution in [0.15, 0.2) is 47.5 Å². The highest BCUT2D eigenvalue weighted by Crippen LogP contribution is 2.35. The predicted molar refractivity (Wildman–Crippen MR) is 124 cm³/mol. The Morgan fingerprint density at radius 1 is 1.25 bits per heavy atom. The molecule has 0 unspecified atom stereocenters. The molecule has 2 N–H and O–H groups in total. The predicted octanol–water partition coefficient (Wildman–Crippen LogP) is 2.71. The number of rotatable bonds is 6. The van der Waals surface area contributed by atoms with E-state index in [1.54, 1.807) is 18.5 Å². The molecule has 0 amide bonds. The van der Waals surface area contributed by atoms with Crippen molar-refractivity contribution < 1.29 is 14.2 Å². The van der Waals surface area contributed by atoms with Crippen LogP contribution >= 0.6 is 12.2 Å². The Hall–Kier alpha value is -3.17. The fraction of sp³-hybridized carbons (Fsp3) is 0.348. The number of ether oxygens (including phenoxy) is 3. The standard InChI is InChI=1S/C23H24N4O4S/c28-22-17(7-16-8-20-21(31-14-30-20)9-19(16)26-22)13-27(12-15-3-1-5-24-10-15)23(32)25-11-18-4-2-6-29-18/h1,3,5,7-10,18H,2,4,6,11-14H2,(H,25,32)(H,26,28)/t18-/m1/s1. The summed E-state index contributed by atoms with van der Waals surface area (Å²) in [5.41, 5.74) is 2.17. The molecule has 0 radical (unpaired) electrons. The van der Waals surface area contributed by atoms with Crippen LogP contribution in [0.4, 0.5) is 0 Å². The Kier molecular flexibility index (Phi) is 5.91. The summed E-state index contributed by atoms with van der Waals surface area (Å²) in [6.07, 6.45) is 5.81. The molecule has 4 heterocycles. The van der Waals surface area contributed by atoms with Crippen molar-refractivity contribution in [3.8, 4) is 11.5 Å². The number of aromatic nitrogens is 2. The van der Waals surface area contributed by atoms with E-state index >= 15 is 0 Å². The third-order valence-electron chi connectivity index (χ3n) is 5.66. The molecular formula is C23H24N4O4S. The summed E-state index contributed by atoms with van der Waals surface area (Å²) in [5.74, 6) is 1.31. The van der Waals surface area contributed by atoms with E-state index in [9.17, 15) is 4.79 Å². The highest BCUT2D eigenvalue weighted by Gasteiger charge is 2.20. The summed E-state index contributed by atoms with van der Waals surface area (Å²) >= 11 is 5.70. The number of pyridine rings is 2. The van der Waals surface area contributed by atoms with E-state index in [1.807, 2.05) is 29.2 Å². The van der Waals surface area contributed by atoms with Crippen molar-refractivity contribution in [3.05, 3.63) is 64.2 Å². The molecule has 1 fully saturated rings. The van der Waals surface area contributed by atoms with E-state index < -0.39 is 0 Å². The highest BCUT2D eigenvalue weighted by molar-refractivity contribution is 7.80. The number of nitrogens with zero attached hydrogens (tertiary/aromatic N) is 2. The van der Waals surface area contributed by atoms with Crippen LogP contribution in [0, 0.1) is 0 Å². The zero-order chi connectivity index (χ0) is 21.9. The van der Waals surface area contributed by atoms with E-state index in [2.05, 4.69) is 15.3 Å². The smallest absolute Gasteiger partial charge is 0.253 e. The van der Waals surface area contributed by atoms with Crippen LogP contribution in [0.3, 0.4) is 0 Å². The van der Waals surface area contributed by atoms with Gasteiger partial charge in [0.15, 0.2) is 16.6 Å². The molecule has 2 aliphatic heterocycles. The van der Waals surface area contributed by atoms with E-state index in [-0.39, 0.29) is 18.5 Å². The minimum atomic E-state index is -0.158. The summed E-state index contributed by atoms with van der Waals surface area (Å²) in [5, 5.41) is 4.78. The van der Waals surface area contributed by atoms with Gasteiger partial charge in [-0.3, -0.25) is 9.78 Å². The third-order valence-corrected chi connectivity index (χ3v) is 6.07. The Labute approximate surface area is 190 Å². The topological polar surface area (TPSA) is 88.7 Å². The van der Waals surface area contributed by atoms with Crippen molar-refractivity contribution in [3.63, 3.8) is 0 Å². The Morgan fingerprint density at radius 3 is 2.91 bits per heavy atom. The van der Waals surface area contributed by atoms with Crippen molar-refractivity contribution in [2.24, 2.45) is 0 Å². The summed E-state index contributed by atoms with van der Waals surface area (Å²) in [6, 6.07) is 9.45. The van der Waals surface area contributed by atoms with Crippen molar-refractivity contribution in [1.29, 1.82) is 0 Å². The van der Waals surface area contributed by atoms with Gasteiger partial charge in [0.05, 0.1) is 18.2 Å². The largest absolute Gasteiger partial charge is 0.454 e. The lowest BCUT2D eigenvalue weighted by Gasteiger charge is -2.26. The fourth-order valence-corrected chi connectivity index (χ4v) is 4.21. The molecule has 166 valence electrons. The van der Waals surface area contributed by atoms with Gasteiger partial charge in [0.1, 0.15) is 0 Å². The number of aromatic amines is 1. The summed E-state index contributed by atoms with van der Waals surface area (Å²) in [7, 11) is 0. The van der Waals surface area contributed by atoms with Crippen LogP contribution in [-0.2, 0) is 17.8 Å². The summed E-state index contributed by atoms with van der Waals surface area (Å²) in [6.45, 7) is 2.52. The van der Waals surface area contributed by atoms with E-state index in [0.717, 1.165) is 30.4 Å². The zero-order valence-corrected chi connectivity index (χ0v) is 18.3. The Bertz CT molecular complexity index is 1180. The number of thiocarbonyl (C=S) groups is 1. The maximum atomic E-state index is 12.9. The van der Waals surface area contributed by atoms with Gasteiger partial charge in [-0.05, 0) is 48.8 Å². The minimum Gasteiger partial charge on any atom is -0.454 e. The molecule has 2 aromatic heterocycles. The second kappa shape index (κ2) is 9.13. The van der Waals surface area contributed by atoms with E-state index in [0.29, 0.717) is 47.3 Å². The molecular weight excluding hydrogens is 428 g/mol. The zero-order valence-electron chi connectivity index (χ0n) is 17.5. The van der Waals surface area contributed by atoms with Gasteiger partial charge >= 0.3 is 0 Å². The molecule has 8 nitrogen and oxygen atoms in total. The number of fused-ring (bicyclic) bond motifs is 2. The number of hydrogen-bond acceptors (Lipinski definition) is 6. The second-order valence-electron chi connectivity index (χ2n) is 7.95. The highest BCUT2D eigenvalue weighted by atomic mass is 32.1. The minimum absolute atomic E-state index is 0.158. The van der Waals surface area contributed by atoms with Gasteiger partial charge in [-0.15, -0.1) is 0 Å². The van der Waals surface area contributed by atoms with Gasteiger partial charge in [-0.2, -0.15) is 0 Å². The average molecular weight is 453 g/mol. The normalized spacial score (nSPS) is 16.9. The molecule has 1 atom stereocenters. The fourth-order valence-electron chi connectivity index (χ4n) is 3.99. The second-order valence-corrected chi connectivity index (χ2v) is 8.34. The first-order valence-electron chi connectivity index (χ1n) is 10.6. The Balaban J connectivity index is 1.39. The van der Waals surface area contributed by atoms with Crippen LogP contribution in [0.1, 0.15) is 24.0 Å². The SMILES string of the molecule is O=c1[nH]c2cc3c(cc2cc1CN(Cc1cccnc1)C(=S)NC[C@H]1CCCO1)OCO3. The first kappa shape index (κ1) is 20.7. The number of nitrogens with one attached hydrogen (secondary N) is 2. The van der Waals surface area contributed by atoms with Crippen LogP contribution in [0.25, 0.3) is 10.9 Å². The number of benzene rings is 1. The molecule has 0 bridgehead atoms. The molecule has 32 heavy (non-hydrogen) atoms. The monoisotopic (exact) mass is 452 g/mol. The van der Waals surface area contributed by atoms with Gasteiger partial charge < -0.3 is 29.4 Å². The lowest BCUT2D eigenvalue weighted by molar-refractivity contribution is 0.113. The summed E-state index contributed by atoms with van der Waals surface area (Å²) < 4.78 is 16.6. The van der Waals surface area contributed by atoms with Crippen molar-refractivity contribution in [2.45, 2.75) is 32.0 Å². The molecule has 3 aromatic rings. The van der Waals surface area contributed by atoms with Gasteiger partial charge in [0.2, 0.25) is 6.79 Å². The quantitative estimate of drug-likeness (QED) is 0.552. The summed E-state index contributed by atoms with van der Waals surface area (Å²) in [4.78, 5) is 22.0. The average Bonchev–Trinajstić information content (AvgIpc) is 3.48. The molecule has 1 saturated heterocycles. The first-order valence-corrected chi connectivity index (χ1v) is 11.1. The molecule has 0 spiro atoms. The maximum absolute atomic E-state index is 12.9. The van der Waals surface area contributed by atoms with Gasteiger partial charge in [0, 0.05) is 49.1 Å². The van der Waals surface area contributed by atoms with Crippen LogP contribution in [0.2, 0.25) is 0 Å². The van der Waals surface area contributed by atoms with Crippen molar-refractivity contribution in [2.75, 3.05) is 19.9 Å². The lowest BCUT2D eigenvalue weighted by atomic mass is 10.1. The Morgan fingerprint density at radius 2 is 2.12 bits per heavy atom. The number of H-pyrrole nitrogens is 1. The van der Waals surface area contributed by atoms with Gasteiger partial charge in [0.25, 0.3) is 5.56 Å². The molecule has 0 saturated carbocycles. The molecule has 5 rings (SSSR count). The first-order chi connectivity index (χ1) is 15.7. The van der Waals surface area contributed by atoms with Crippen LogP contribution in [0.5, 0.6) is 11.5 Å². The van der Waals surface area contributed by atoms with Crippen molar-refractivity contribution in [1.82, 2.24) is 20.2 Å². The molecule has 1 aromatic carbocycles. The van der Waals surface area contributed by atoms with E-state index in [1.165, 1.54) is 0 Å². The van der Waals surface area contributed by atoms with Crippen molar-refractivity contribution >= 4 is 28.2 Å². The lowest BCUT2D eigenvalue weighted by Crippen LogP contribution is -2.42. The maximum Gasteiger partial charge on any atom is 0.253 e. The van der Waals surface area contributed by atoms with Crippen LogP contribution in [-0.4, -0.2) is 46.0 Å². The van der Waals surface area contributed by atoms with Gasteiger partial charge in [-0.25, -0.2) is 0 Å². The number of hydrogen-bond donors (Lipinski definition) is 2.